The first kappa shape index (κ1) is 11.8. The molecule has 0 amide bonds. The molecule has 0 fully saturated rings. The van der Waals surface area contributed by atoms with Crippen molar-refractivity contribution in [3.05, 3.63) is 24.3 Å². The van der Waals surface area contributed by atoms with E-state index in [2.05, 4.69) is 4.90 Å². The summed E-state index contributed by atoms with van der Waals surface area (Å²) < 4.78 is 0. The summed E-state index contributed by atoms with van der Waals surface area (Å²) >= 11 is 0. The lowest BCUT2D eigenvalue weighted by Gasteiger charge is -2.25. The van der Waals surface area contributed by atoms with E-state index in [4.69, 9.17) is 17.2 Å². The molecule has 4 nitrogen and oxygen atoms in total. The number of hydrogen-bond acceptors (Lipinski definition) is 4. The Labute approximate surface area is 91.0 Å². The van der Waals surface area contributed by atoms with Gasteiger partial charge in [-0.25, -0.2) is 0 Å². The van der Waals surface area contributed by atoms with E-state index >= 15 is 0 Å². The second kappa shape index (κ2) is 6.27. The molecule has 0 spiro atoms. The third-order valence-electron chi connectivity index (χ3n) is 2.31. The maximum atomic E-state index is 5.91. The van der Waals surface area contributed by atoms with Crippen molar-refractivity contribution in [3.8, 4) is 0 Å². The van der Waals surface area contributed by atoms with Crippen molar-refractivity contribution in [3.63, 3.8) is 0 Å². The van der Waals surface area contributed by atoms with Gasteiger partial charge in [0.05, 0.1) is 11.4 Å². The Morgan fingerprint density at radius 1 is 1.00 bits per heavy atom. The van der Waals surface area contributed by atoms with Gasteiger partial charge in [-0.05, 0) is 25.1 Å². The lowest BCUT2D eigenvalue weighted by molar-refractivity contribution is 0.735. The Hall–Kier alpha value is -1.26. The van der Waals surface area contributed by atoms with Crippen molar-refractivity contribution in [2.45, 2.75) is 6.42 Å². The highest BCUT2D eigenvalue weighted by Gasteiger charge is 2.07. The Morgan fingerprint density at radius 3 is 2.33 bits per heavy atom. The van der Waals surface area contributed by atoms with Gasteiger partial charge in [-0.3, -0.25) is 0 Å². The van der Waals surface area contributed by atoms with Gasteiger partial charge in [-0.1, -0.05) is 12.1 Å². The van der Waals surface area contributed by atoms with E-state index < -0.39 is 0 Å². The number of rotatable bonds is 6. The van der Waals surface area contributed by atoms with Gasteiger partial charge in [0.1, 0.15) is 0 Å². The maximum absolute atomic E-state index is 5.91. The zero-order valence-electron chi connectivity index (χ0n) is 9.02. The van der Waals surface area contributed by atoms with Gasteiger partial charge in [0.15, 0.2) is 0 Å². The van der Waals surface area contributed by atoms with Crippen LogP contribution in [0, 0.1) is 0 Å². The van der Waals surface area contributed by atoms with E-state index in [0.29, 0.717) is 13.1 Å². The summed E-state index contributed by atoms with van der Waals surface area (Å²) in [6.45, 7) is 3.03. The number of benzene rings is 1. The van der Waals surface area contributed by atoms with Crippen LogP contribution in [0.5, 0.6) is 0 Å². The molecule has 1 rings (SSSR count). The summed E-state index contributed by atoms with van der Waals surface area (Å²) in [5.41, 5.74) is 18.8. The minimum absolute atomic E-state index is 0.624. The van der Waals surface area contributed by atoms with E-state index in [0.717, 1.165) is 30.9 Å². The molecule has 0 saturated heterocycles. The fourth-order valence-corrected chi connectivity index (χ4v) is 1.57. The fourth-order valence-electron chi connectivity index (χ4n) is 1.57. The van der Waals surface area contributed by atoms with Crippen LogP contribution in [0.25, 0.3) is 0 Å². The average Bonchev–Trinajstić information content (AvgIpc) is 2.25. The molecule has 0 unspecified atom stereocenters. The van der Waals surface area contributed by atoms with Crippen LogP contribution in [0.15, 0.2) is 24.3 Å². The number of anilines is 2. The highest BCUT2D eigenvalue weighted by atomic mass is 15.1. The van der Waals surface area contributed by atoms with Crippen molar-refractivity contribution >= 4 is 11.4 Å². The first-order valence-corrected chi connectivity index (χ1v) is 5.29. The fraction of sp³-hybridized carbons (Fsp3) is 0.455. The second-order valence-electron chi connectivity index (χ2n) is 3.48. The molecule has 84 valence electrons. The van der Waals surface area contributed by atoms with Crippen LogP contribution >= 0.6 is 0 Å². The van der Waals surface area contributed by atoms with Gasteiger partial charge in [-0.2, -0.15) is 0 Å². The van der Waals surface area contributed by atoms with Gasteiger partial charge in [0.25, 0.3) is 0 Å². The summed E-state index contributed by atoms with van der Waals surface area (Å²) in [4.78, 5) is 2.18. The highest BCUT2D eigenvalue weighted by Crippen LogP contribution is 2.21. The minimum Gasteiger partial charge on any atom is -0.397 e. The van der Waals surface area contributed by atoms with Crippen LogP contribution in [-0.2, 0) is 0 Å². The quantitative estimate of drug-likeness (QED) is 0.590. The highest BCUT2D eigenvalue weighted by molar-refractivity contribution is 5.67. The summed E-state index contributed by atoms with van der Waals surface area (Å²) in [5.74, 6) is 0. The summed E-state index contributed by atoms with van der Waals surface area (Å²) in [5, 5.41) is 0. The molecule has 1 aromatic carbocycles. The predicted molar refractivity (Wildman–Crippen MR) is 65.8 cm³/mol. The molecule has 6 N–H and O–H groups in total. The van der Waals surface area contributed by atoms with Gasteiger partial charge in [0.2, 0.25) is 0 Å². The number of nitrogens with zero attached hydrogens (tertiary/aromatic N) is 1. The topological polar surface area (TPSA) is 81.3 Å². The van der Waals surface area contributed by atoms with Crippen LogP contribution in [0.2, 0.25) is 0 Å². The Balaban J connectivity index is 2.74. The molecule has 0 radical (unpaired) electrons. The zero-order valence-corrected chi connectivity index (χ0v) is 9.02. The molecule has 0 atom stereocenters. The van der Waals surface area contributed by atoms with Gasteiger partial charge < -0.3 is 22.1 Å². The molecular formula is C11H20N4. The third kappa shape index (κ3) is 3.42. The number of nitrogen functional groups attached to an aromatic ring is 1. The number of nitrogens with two attached hydrogens (primary N) is 3. The van der Waals surface area contributed by atoms with Crippen LogP contribution in [-0.4, -0.2) is 26.2 Å². The molecule has 0 saturated carbocycles. The van der Waals surface area contributed by atoms with Gasteiger partial charge >= 0.3 is 0 Å². The maximum Gasteiger partial charge on any atom is 0.0600 e. The Morgan fingerprint density at radius 2 is 1.73 bits per heavy atom. The summed E-state index contributed by atoms with van der Waals surface area (Å²) in [6, 6.07) is 7.84. The Bertz CT molecular complexity index is 288. The number of hydrogen-bond donors (Lipinski definition) is 3. The molecule has 0 aliphatic rings. The van der Waals surface area contributed by atoms with Crippen LogP contribution in [0.4, 0.5) is 11.4 Å². The van der Waals surface area contributed by atoms with E-state index in [1.165, 1.54) is 0 Å². The van der Waals surface area contributed by atoms with Crippen molar-refractivity contribution in [1.82, 2.24) is 0 Å². The van der Waals surface area contributed by atoms with Crippen LogP contribution < -0.4 is 22.1 Å². The van der Waals surface area contributed by atoms with Crippen molar-refractivity contribution in [2.24, 2.45) is 11.5 Å². The minimum atomic E-state index is 0.624. The zero-order chi connectivity index (χ0) is 11.1. The second-order valence-corrected chi connectivity index (χ2v) is 3.48. The van der Waals surface area contributed by atoms with Crippen LogP contribution in [0.1, 0.15) is 6.42 Å². The first-order valence-electron chi connectivity index (χ1n) is 5.29. The van der Waals surface area contributed by atoms with Gasteiger partial charge in [-0.15, -0.1) is 0 Å². The van der Waals surface area contributed by atoms with E-state index in [1.807, 2.05) is 24.3 Å². The smallest absolute Gasteiger partial charge is 0.0600 e. The summed E-state index contributed by atoms with van der Waals surface area (Å²) in [7, 11) is 0. The van der Waals surface area contributed by atoms with E-state index in [1.54, 1.807) is 0 Å². The van der Waals surface area contributed by atoms with E-state index in [9.17, 15) is 0 Å². The van der Waals surface area contributed by atoms with Gasteiger partial charge in [0, 0.05) is 19.6 Å². The monoisotopic (exact) mass is 208 g/mol. The standard InChI is InChI=1S/C11H20N4/c12-6-3-8-15(9-7-13)11-5-2-1-4-10(11)14/h1-2,4-5H,3,6-9,12-14H2. The van der Waals surface area contributed by atoms with Crippen molar-refractivity contribution in [2.75, 3.05) is 36.8 Å². The lowest BCUT2D eigenvalue weighted by Crippen LogP contribution is -2.31. The molecule has 0 aromatic heterocycles. The Kier molecular flexibility index (Phi) is 4.93. The molecule has 0 bridgehead atoms. The molecule has 1 aromatic rings. The molecule has 0 aliphatic carbocycles. The lowest BCUT2D eigenvalue weighted by atomic mass is 10.2. The third-order valence-corrected chi connectivity index (χ3v) is 2.31. The molecule has 4 heteroatoms. The largest absolute Gasteiger partial charge is 0.397 e. The SMILES string of the molecule is NCCCN(CCN)c1ccccc1N. The molecule has 0 aliphatic heterocycles. The van der Waals surface area contributed by atoms with Crippen molar-refractivity contribution < 1.29 is 0 Å². The van der Waals surface area contributed by atoms with Crippen molar-refractivity contribution in [1.29, 1.82) is 0 Å². The molecule has 15 heavy (non-hydrogen) atoms. The van der Waals surface area contributed by atoms with Crippen LogP contribution in [0.3, 0.4) is 0 Å². The average molecular weight is 208 g/mol. The summed E-state index contributed by atoms with van der Waals surface area (Å²) in [6.07, 6.45) is 0.953. The predicted octanol–water partition coefficient (Wildman–Crippen LogP) is 0.383. The first-order chi connectivity index (χ1) is 7.29. The molecular weight excluding hydrogens is 188 g/mol. The number of para-hydroxylation sites is 2. The normalized spacial score (nSPS) is 10.3. The van der Waals surface area contributed by atoms with E-state index in [-0.39, 0.29) is 0 Å². The molecule has 0 heterocycles.